The average molecular weight is 722 g/mol. The Morgan fingerprint density at radius 3 is 1.43 bits per heavy atom. The monoisotopic (exact) mass is 721 g/mol. The SMILES string of the molecule is N#Cc1ccc(-c2ccccc2-c2nc(-c3ccccc3)nc(-c3ccccc3)n2)c(-c2cccc(-c3nc(C4=CCCCC4)nc(-c4ccccc4)n3)c2)c1. The molecule has 0 bridgehead atoms. The second-order valence-electron chi connectivity index (χ2n) is 13.7. The molecule has 2 heterocycles. The number of hydrogen-bond donors (Lipinski definition) is 0. The van der Waals surface area contributed by atoms with E-state index in [1.165, 1.54) is 6.42 Å². The summed E-state index contributed by atoms with van der Waals surface area (Å²) in [5.74, 6) is 3.71. The van der Waals surface area contributed by atoms with E-state index >= 15 is 0 Å². The fourth-order valence-electron chi connectivity index (χ4n) is 7.16. The van der Waals surface area contributed by atoms with Gasteiger partial charge in [0, 0.05) is 27.8 Å². The Kier molecular flexibility index (Phi) is 9.51. The van der Waals surface area contributed by atoms with Gasteiger partial charge in [-0.2, -0.15) is 5.26 Å². The van der Waals surface area contributed by atoms with E-state index in [0.29, 0.717) is 34.7 Å². The lowest BCUT2D eigenvalue weighted by atomic mass is 9.89. The zero-order valence-electron chi connectivity index (χ0n) is 30.5. The van der Waals surface area contributed by atoms with Crippen LogP contribution in [0.2, 0.25) is 0 Å². The summed E-state index contributed by atoms with van der Waals surface area (Å²) in [5.41, 5.74) is 9.86. The van der Waals surface area contributed by atoms with E-state index in [2.05, 4.69) is 30.3 Å². The van der Waals surface area contributed by atoms with Crippen LogP contribution < -0.4 is 0 Å². The lowest BCUT2D eigenvalue weighted by molar-refractivity contribution is 0.736. The number of benzene rings is 6. The van der Waals surface area contributed by atoms with Gasteiger partial charge in [-0.3, -0.25) is 0 Å². The molecular weight excluding hydrogens is 687 g/mol. The molecule has 9 rings (SSSR count). The van der Waals surface area contributed by atoms with Crippen molar-refractivity contribution in [2.45, 2.75) is 25.7 Å². The summed E-state index contributed by atoms with van der Waals surface area (Å²) in [4.78, 5) is 30.0. The molecule has 0 saturated carbocycles. The van der Waals surface area contributed by atoms with Crippen LogP contribution in [0.4, 0.5) is 0 Å². The Balaban J connectivity index is 1.19. The minimum absolute atomic E-state index is 0.556. The van der Waals surface area contributed by atoms with Crippen LogP contribution in [0.1, 0.15) is 37.1 Å². The van der Waals surface area contributed by atoms with E-state index in [1.807, 2.05) is 140 Å². The van der Waals surface area contributed by atoms with E-state index < -0.39 is 0 Å². The van der Waals surface area contributed by atoms with Crippen LogP contribution in [-0.2, 0) is 0 Å². The first-order chi connectivity index (χ1) is 27.7. The molecule has 0 amide bonds. The number of nitriles is 1. The van der Waals surface area contributed by atoms with Crippen LogP contribution in [-0.4, -0.2) is 29.9 Å². The van der Waals surface area contributed by atoms with Crippen molar-refractivity contribution in [1.29, 1.82) is 5.26 Å². The van der Waals surface area contributed by atoms with Crippen LogP contribution in [0.3, 0.4) is 0 Å². The molecule has 1 aliphatic rings. The molecule has 0 fully saturated rings. The van der Waals surface area contributed by atoms with Crippen molar-refractivity contribution in [2.24, 2.45) is 0 Å². The molecule has 7 heteroatoms. The van der Waals surface area contributed by atoms with Crippen molar-refractivity contribution < 1.29 is 0 Å². The summed E-state index contributed by atoms with van der Waals surface area (Å²) in [6.07, 6.45) is 6.54. The topological polar surface area (TPSA) is 101 Å². The Labute approximate surface area is 325 Å². The van der Waals surface area contributed by atoms with Gasteiger partial charge < -0.3 is 0 Å². The summed E-state index contributed by atoms with van der Waals surface area (Å²) < 4.78 is 0. The first-order valence-electron chi connectivity index (χ1n) is 18.8. The predicted molar refractivity (Wildman–Crippen MR) is 222 cm³/mol. The summed E-state index contributed by atoms with van der Waals surface area (Å²) >= 11 is 0. The third kappa shape index (κ3) is 7.12. The number of allylic oxidation sites excluding steroid dienone is 2. The molecule has 6 aromatic carbocycles. The Morgan fingerprint density at radius 2 is 0.857 bits per heavy atom. The summed E-state index contributed by atoms with van der Waals surface area (Å²) in [7, 11) is 0. The van der Waals surface area contributed by atoms with Gasteiger partial charge in [-0.05, 0) is 71.7 Å². The minimum Gasteiger partial charge on any atom is -0.209 e. The summed E-state index contributed by atoms with van der Waals surface area (Å²) in [6, 6.07) is 54.6. The molecule has 0 atom stereocenters. The molecular formula is C49H35N7. The normalized spacial score (nSPS) is 12.4. The Bertz CT molecular complexity index is 2700. The van der Waals surface area contributed by atoms with Crippen LogP contribution >= 0.6 is 0 Å². The second-order valence-corrected chi connectivity index (χ2v) is 13.7. The lowest BCUT2D eigenvalue weighted by Crippen LogP contribution is -2.04. The average Bonchev–Trinajstić information content (AvgIpc) is 3.29. The zero-order valence-corrected chi connectivity index (χ0v) is 30.5. The van der Waals surface area contributed by atoms with Crippen LogP contribution in [0, 0.1) is 11.3 Å². The highest BCUT2D eigenvalue weighted by atomic mass is 15.0. The quantitative estimate of drug-likeness (QED) is 0.154. The molecule has 0 N–H and O–H groups in total. The van der Waals surface area contributed by atoms with E-state index in [1.54, 1.807) is 0 Å². The molecule has 0 aliphatic heterocycles. The highest BCUT2D eigenvalue weighted by Gasteiger charge is 2.20. The maximum Gasteiger partial charge on any atom is 0.164 e. The van der Waals surface area contributed by atoms with Gasteiger partial charge in [-0.1, -0.05) is 146 Å². The third-order valence-electron chi connectivity index (χ3n) is 9.98. The molecule has 0 saturated heterocycles. The molecule has 0 radical (unpaired) electrons. The molecule has 0 spiro atoms. The van der Waals surface area contributed by atoms with Crippen molar-refractivity contribution in [3.05, 3.63) is 175 Å². The molecule has 2 aromatic heterocycles. The first-order valence-corrected chi connectivity index (χ1v) is 18.8. The minimum atomic E-state index is 0.556. The molecule has 266 valence electrons. The van der Waals surface area contributed by atoms with Gasteiger partial charge in [-0.25, -0.2) is 29.9 Å². The highest BCUT2D eigenvalue weighted by Crippen LogP contribution is 2.40. The lowest BCUT2D eigenvalue weighted by Gasteiger charge is -2.16. The summed E-state index contributed by atoms with van der Waals surface area (Å²) in [6.45, 7) is 0. The summed E-state index contributed by atoms with van der Waals surface area (Å²) in [5, 5.41) is 10.1. The van der Waals surface area contributed by atoms with E-state index in [9.17, 15) is 5.26 Å². The number of hydrogen-bond acceptors (Lipinski definition) is 7. The van der Waals surface area contributed by atoms with Crippen molar-refractivity contribution in [3.8, 4) is 85.3 Å². The van der Waals surface area contributed by atoms with E-state index in [4.69, 9.17) is 29.9 Å². The van der Waals surface area contributed by atoms with Gasteiger partial charge in [0.05, 0.1) is 11.6 Å². The van der Waals surface area contributed by atoms with Gasteiger partial charge >= 0.3 is 0 Å². The van der Waals surface area contributed by atoms with Crippen molar-refractivity contribution in [2.75, 3.05) is 0 Å². The number of aromatic nitrogens is 6. The Hall–Kier alpha value is -7.43. The van der Waals surface area contributed by atoms with E-state index in [0.717, 1.165) is 80.7 Å². The third-order valence-corrected chi connectivity index (χ3v) is 9.98. The number of rotatable bonds is 8. The first kappa shape index (κ1) is 34.3. The largest absolute Gasteiger partial charge is 0.209 e. The molecule has 56 heavy (non-hydrogen) atoms. The van der Waals surface area contributed by atoms with Crippen molar-refractivity contribution in [1.82, 2.24) is 29.9 Å². The van der Waals surface area contributed by atoms with Crippen LogP contribution in [0.5, 0.6) is 0 Å². The maximum atomic E-state index is 10.1. The Morgan fingerprint density at radius 1 is 0.375 bits per heavy atom. The van der Waals surface area contributed by atoms with E-state index in [-0.39, 0.29) is 0 Å². The fraction of sp³-hybridized carbons (Fsp3) is 0.0816. The van der Waals surface area contributed by atoms with Crippen molar-refractivity contribution in [3.63, 3.8) is 0 Å². The van der Waals surface area contributed by atoms with Gasteiger partial charge in [0.15, 0.2) is 34.9 Å². The van der Waals surface area contributed by atoms with Crippen LogP contribution in [0.25, 0.3) is 84.8 Å². The fourth-order valence-corrected chi connectivity index (χ4v) is 7.16. The molecule has 8 aromatic rings. The standard InChI is InChI=1S/C49H35N7/c50-32-33-28-29-41(40-26-13-14-27-42(40)49-55-46(36-20-9-3-10-21-36)52-47(56-49)37-22-11-4-12-23-37)43(30-33)38-24-15-25-39(31-38)48-53-44(34-16-5-1-6-17-34)51-45(54-48)35-18-7-2-8-19-35/h1,3-6,9-18,20-31H,2,7-8,19H2. The zero-order chi connectivity index (χ0) is 37.7. The van der Waals surface area contributed by atoms with Gasteiger partial charge in [0.25, 0.3) is 0 Å². The number of nitrogens with zero attached hydrogens (tertiary/aromatic N) is 7. The second kappa shape index (κ2) is 15.5. The van der Waals surface area contributed by atoms with Crippen LogP contribution in [0.15, 0.2) is 164 Å². The maximum absolute atomic E-state index is 10.1. The van der Waals surface area contributed by atoms with Gasteiger partial charge in [0.2, 0.25) is 0 Å². The van der Waals surface area contributed by atoms with Crippen molar-refractivity contribution >= 4 is 5.57 Å². The van der Waals surface area contributed by atoms with Gasteiger partial charge in [0.1, 0.15) is 0 Å². The predicted octanol–water partition coefficient (Wildman–Crippen LogP) is 11.6. The molecule has 1 aliphatic carbocycles. The van der Waals surface area contributed by atoms with Gasteiger partial charge in [-0.15, -0.1) is 0 Å². The highest BCUT2D eigenvalue weighted by molar-refractivity contribution is 5.92. The molecule has 0 unspecified atom stereocenters. The molecule has 7 nitrogen and oxygen atoms in total. The smallest absolute Gasteiger partial charge is 0.164 e.